The van der Waals surface area contributed by atoms with Gasteiger partial charge in [-0.15, -0.1) is 10.2 Å². The van der Waals surface area contributed by atoms with Crippen molar-refractivity contribution in [1.82, 2.24) is 29.7 Å². The highest BCUT2D eigenvalue weighted by Gasteiger charge is 2.15. The molecule has 1 N–H and O–H groups in total. The third-order valence-electron chi connectivity index (χ3n) is 5.64. The zero-order valence-corrected chi connectivity index (χ0v) is 18.6. The lowest BCUT2D eigenvalue weighted by molar-refractivity contribution is -0.116. The fourth-order valence-corrected chi connectivity index (χ4v) is 3.91. The predicted octanol–water partition coefficient (Wildman–Crippen LogP) is 4.66. The summed E-state index contributed by atoms with van der Waals surface area (Å²) in [5.41, 5.74) is 3.84. The summed E-state index contributed by atoms with van der Waals surface area (Å²) in [5.74, 6) is 1.04. The minimum absolute atomic E-state index is 0.249. The molecule has 0 atom stereocenters. The molecule has 4 heterocycles. The van der Waals surface area contributed by atoms with E-state index in [1.54, 1.807) is 10.8 Å². The van der Waals surface area contributed by atoms with Crippen LogP contribution >= 0.6 is 0 Å². The van der Waals surface area contributed by atoms with Gasteiger partial charge in [0.15, 0.2) is 17.2 Å². The SMILES string of the molecule is O=C(/C=C/c1cn(-c2ccccc2)nc1-c1cc2ccccc2o1)NCc1nnc2ccccn12. The van der Waals surface area contributed by atoms with Gasteiger partial charge in [-0.3, -0.25) is 9.20 Å². The molecule has 0 aliphatic carbocycles. The second kappa shape index (κ2) is 8.75. The van der Waals surface area contributed by atoms with Crippen molar-refractivity contribution >= 4 is 28.6 Å². The number of benzene rings is 2. The van der Waals surface area contributed by atoms with Crippen LogP contribution in [0.15, 0.2) is 102 Å². The Morgan fingerprint density at radius 2 is 1.80 bits per heavy atom. The van der Waals surface area contributed by atoms with Crippen molar-refractivity contribution in [3.05, 3.63) is 109 Å². The Morgan fingerprint density at radius 1 is 0.971 bits per heavy atom. The van der Waals surface area contributed by atoms with Crippen LogP contribution in [0, 0.1) is 0 Å². The van der Waals surface area contributed by atoms with Gasteiger partial charge in [-0.1, -0.05) is 42.5 Å². The number of fused-ring (bicyclic) bond motifs is 2. The zero-order chi connectivity index (χ0) is 23.6. The molecular formula is C27H20N6O2. The van der Waals surface area contributed by atoms with E-state index in [0.29, 0.717) is 17.3 Å². The normalized spacial score (nSPS) is 11.5. The number of rotatable bonds is 6. The summed E-state index contributed by atoms with van der Waals surface area (Å²) in [7, 11) is 0. The van der Waals surface area contributed by atoms with Crippen LogP contribution < -0.4 is 5.32 Å². The molecular weight excluding hydrogens is 440 g/mol. The van der Waals surface area contributed by atoms with Crippen molar-refractivity contribution in [1.29, 1.82) is 0 Å². The molecule has 0 aliphatic rings. The van der Waals surface area contributed by atoms with Crippen LogP contribution in [0.2, 0.25) is 0 Å². The molecule has 0 radical (unpaired) electrons. The van der Waals surface area contributed by atoms with Gasteiger partial charge in [0.05, 0.1) is 12.2 Å². The van der Waals surface area contributed by atoms with Crippen molar-refractivity contribution in [3.8, 4) is 17.1 Å². The Morgan fingerprint density at radius 3 is 2.69 bits per heavy atom. The highest BCUT2D eigenvalue weighted by atomic mass is 16.3. The number of nitrogens with one attached hydrogen (secondary N) is 1. The molecule has 6 aromatic rings. The van der Waals surface area contributed by atoms with E-state index in [1.165, 1.54) is 6.08 Å². The van der Waals surface area contributed by atoms with E-state index in [0.717, 1.165) is 27.9 Å². The molecule has 2 aromatic carbocycles. The number of hydrogen-bond donors (Lipinski definition) is 1. The van der Waals surface area contributed by atoms with Crippen LogP contribution in [-0.2, 0) is 11.3 Å². The average molecular weight is 460 g/mol. The van der Waals surface area contributed by atoms with E-state index in [9.17, 15) is 4.79 Å². The van der Waals surface area contributed by atoms with Gasteiger partial charge in [-0.25, -0.2) is 4.68 Å². The number of carbonyl (C=O) groups is 1. The minimum atomic E-state index is -0.249. The molecule has 8 nitrogen and oxygen atoms in total. The van der Waals surface area contributed by atoms with Crippen LogP contribution in [0.5, 0.6) is 0 Å². The van der Waals surface area contributed by atoms with Gasteiger partial charge < -0.3 is 9.73 Å². The number of pyridine rings is 1. The molecule has 0 saturated carbocycles. The molecule has 0 fully saturated rings. The third kappa shape index (κ3) is 4.08. The highest BCUT2D eigenvalue weighted by molar-refractivity contribution is 5.93. The van der Waals surface area contributed by atoms with Crippen molar-refractivity contribution in [3.63, 3.8) is 0 Å². The first-order valence-corrected chi connectivity index (χ1v) is 11.1. The number of aromatic nitrogens is 5. The van der Waals surface area contributed by atoms with E-state index in [-0.39, 0.29) is 12.5 Å². The Hall–Kier alpha value is -4.98. The molecule has 35 heavy (non-hydrogen) atoms. The maximum Gasteiger partial charge on any atom is 0.244 e. The highest BCUT2D eigenvalue weighted by Crippen LogP contribution is 2.30. The second-order valence-corrected chi connectivity index (χ2v) is 7.96. The van der Waals surface area contributed by atoms with E-state index in [4.69, 9.17) is 9.52 Å². The summed E-state index contributed by atoms with van der Waals surface area (Å²) >= 11 is 0. The molecule has 0 unspecified atom stereocenters. The van der Waals surface area contributed by atoms with Crippen LogP contribution in [0.3, 0.4) is 0 Å². The molecule has 8 heteroatoms. The summed E-state index contributed by atoms with van der Waals surface area (Å²) in [6.07, 6.45) is 6.98. The van der Waals surface area contributed by atoms with Crippen molar-refractivity contribution in [2.75, 3.05) is 0 Å². The van der Waals surface area contributed by atoms with Gasteiger partial charge in [0.2, 0.25) is 5.91 Å². The van der Waals surface area contributed by atoms with Crippen molar-refractivity contribution < 1.29 is 9.21 Å². The quantitative estimate of drug-likeness (QED) is 0.365. The second-order valence-electron chi connectivity index (χ2n) is 7.96. The van der Waals surface area contributed by atoms with Gasteiger partial charge in [-0.05, 0) is 42.5 Å². The number of furan rings is 1. The summed E-state index contributed by atoms with van der Waals surface area (Å²) in [5, 5.41) is 16.9. The third-order valence-corrected chi connectivity index (χ3v) is 5.64. The van der Waals surface area contributed by atoms with Crippen LogP contribution in [0.1, 0.15) is 11.4 Å². The smallest absolute Gasteiger partial charge is 0.244 e. The standard InChI is InChI=1S/C27H20N6O2/c34-26(28-17-25-30-29-24-12-6-7-15-32(24)25)14-13-20-18-33(21-9-2-1-3-10-21)31-27(20)23-16-19-8-4-5-11-22(19)35-23/h1-16,18H,17H2,(H,28,34)/b14-13+. The van der Waals surface area contributed by atoms with Crippen molar-refractivity contribution in [2.24, 2.45) is 0 Å². The molecule has 170 valence electrons. The maximum absolute atomic E-state index is 12.6. The topological polar surface area (TPSA) is 90.2 Å². The molecule has 1 amide bonds. The lowest BCUT2D eigenvalue weighted by Gasteiger charge is -2.00. The fraction of sp³-hybridized carbons (Fsp3) is 0.0370. The lowest BCUT2D eigenvalue weighted by atomic mass is 10.2. The largest absolute Gasteiger partial charge is 0.454 e. The first kappa shape index (κ1) is 20.6. The van der Waals surface area contributed by atoms with E-state index in [2.05, 4.69) is 15.5 Å². The molecule has 4 aromatic heterocycles. The summed E-state index contributed by atoms with van der Waals surface area (Å²) < 4.78 is 9.68. The average Bonchev–Trinajstić information content (AvgIpc) is 3.63. The van der Waals surface area contributed by atoms with Gasteiger partial charge >= 0.3 is 0 Å². The maximum atomic E-state index is 12.6. The number of carbonyl (C=O) groups excluding carboxylic acids is 1. The number of nitrogens with zero attached hydrogens (tertiary/aromatic N) is 5. The monoisotopic (exact) mass is 460 g/mol. The molecule has 0 aliphatic heterocycles. The van der Waals surface area contributed by atoms with Crippen LogP contribution in [0.4, 0.5) is 0 Å². The summed E-state index contributed by atoms with van der Waals surface area (Å²) in [6, 6.07) is 25.2. The minimum Gasteiger partial charge on any atom is -0.454 e. The van der Waals surface area contributed by atoms with Crippen molar-refractivity contribution in [2.45, 2.75) is 6.54 Å². The Kier molecular flexibility index (Phi) is 5.16. The molecule has 6 rings (SSSR count). The zero-order valence-electron chi connectivity index (χ0n) is 18.6. The van der Waals surface area contributed by atoms with Crippen LogP contribution in [0.25, 0.3) is 39.8 Å². The Labute approximate surface area is 200 Å². The van der Waals surface area contributed by atoms with E-state index >= 15 is 0 Å². The Balaban J connectivity index is 1.28. The molecule has 0 spiro atoms. The molecule has 0 bridgehead atoms. The predicted molar refractivity (Wildman–Crippen MR) is 133 cm³/mol. The number of hydrogen-bond acceptors (Lipinski definition) is 5. The van der Waals surface area contributed by atoms with Gasteiger partial charge in [-0.2, -0.15) is 5.10 Å². The van der Waals surface area contributed by atoms with Gasteiger partial charge in [0, 0.05) is 29.4 Å². The molecule has 0 saturated heterocycles. The summed E-state index contributed by atoms with van der Waals surface area (Å²) in [6.45, 7) is 0.258. The fourth-order valence-electron chi connectivity index (χ4n) is 3.91. The van der Waals surface area contributed by atoms with Gasteiger partial charge in [0.1, 0.15) is 11.3 Å². The first-order chi connectivity index (χ1) is 17.2. The van der Waals surface area contributed by atoms with Gasteiger partial charge in [0.25, 0.3) is 0 Å². The lowest BCUT2D eigenvalue weighted by Crippen LogP contribution is -2.21. The van der Waals surface area contributed by atoms with E-state index in [1.807, 2.05) is 95.7 Å². The first-order valence-electron chi connectivity index (χ1n) is 11.1. The number of para-hydroxylation sites is 2. The Bertz CT molecular complexity index is 1640. The van der Waals surface area contributed by atoms with E-state index < -0.39 is 0 Å². The van der Waals surface area contributed by atoms with Crippen LogP contribution in [-0.4, -0.2) is 30.3 Å². The summed E-state index contributed by atoms with van der Waals surface area (Å²) in [4.78, 5) is 12.6. The number of amides is 1.